The van der Waals surface area contributed by atoms with Gasteiger partial charge < -0.3 is 14.8 Å². The van der Waals surface area contributed by atoms with E-state index >= 15 is 0 Å². The molecule has 0 aromatic rings. The van der Waals surface area contributed by atoms with E-state index in [1.54, 1.807) is 16.9 Å². The van der Waals surface area contributed by atoms with Gasteiger partial charge in [-0.15, -0.1) is 5.06 Å². The van der Waals surface area contributed by atoms with Crippen LogP contribution >= 0.6 is 0 Å². The average Bonchev–Trinajstić information content (AvgIpc) is 2.04. The molecule has 1 amide bonds. The fraction of sp³-hybridized carbons (Fsp3) is 0.625. The van der Waals surface area contributed by atoms with Crippen molar-refractivity contribution in [3.05, 3.63) is 12.5 Å². The molecule has 1 saturated heterocycles. The summed E-state index contributed by atoms with van der Waals surface area (Å²) in [5, 5.41) is 10.3. The normalized spacial score (nSPS) is 18.4. The van der Waals surface area contributed by atoms with Crippen LogP contribution in [-0.4, -0.2) is 47.2 Å². The van der Waals surface area contributed by atoms with Gasteiger partial charge in [0.25, 0.3) is 5.95 Å². The summed E-state index contributed by atoms with van der Waals surface area (Å²) in [4.78, 5) is 17.5. The first-order chi connectivity index (χ1) is 6.09. The summed E-state index contributed by atoms with van der Waals surface area (Å²) < 4.78 is 0. The Hall–Kier alpha value is -1.23. The van der Waals surface area contributed by atoms with E-state index in [2.05, 4.69) is 6.58 Å². The second-order valence-corrected chi connectivity index (χ2v) is 2.92. The zero-order chi connectivity index (χ0) is 9.84. The first-order valence-corrected chi connectivity index (χ1v) is 4.16. The van der Waals surface area contributed by atoms with Crippen LogP contribution in [0.2, 0.25) is 0 Å². The standard InChI is InChI=1S/C8H14N2O3/c1-7(11)9-3-5-10(6-4-9)13-8(2)12/h12H,2-6H2,1H3. The number of amides is 1. The molecular weight excluding hydrogens is 172 g/mol. The first kappa shape index (κ1) is 9.85. The molecule has 1 rings (SSSR count). The zero-order valence-corrected chi connectivity index (χ0v) is 7.69. The first-order valence-electron chi connectivity index (χ1n) is 4.16. The summed E-state index contributed by atoms with van der Waals surface area (Å²) in [6.45, 7) is 7.21. The molecule has 5 nitrogen and oxygen atoms in total. The Kier molecular flexibility index (Phi) is 3.13. The van der Waals surface area contributed by atoms with Crippen molar-refractivity contribution in [1.82, 2.24) is 9.96 Å². The van der Waals surface area contributed by atoms with Crippen molar-refractivity contribution in [2.75, 3.05) is 26.2 Å². The fourth-order valence-corrected chi connectivity index (χ4v) is 1.24. The van der Waals surface area contributed by atoms with Crippen molar-refractivity contribution in [2.24, 2.45) is 0 Å². The topological polar surface area (TPSA) is 53.0 Å². The van der Waals surface area contributed by atoms with Crippen LogP contribution in [0.25, 0.3) is 0 Å². The van der Waals surface area contributed by atoms with Gasteiger partial charge >= 0.3 is 0 Å². The Morgan fingerprint density at radius 1 is 1.38 bits per heavy atom. The van der Waals surface area contributed by atoms with Crippen LogP contribution < -0.4 is 0 Å². The lowest BCUT2D eigenvalue weighted by molar-refractivity contribution is -0.175. The zero-order valence-electron chi connectivity index (χ0n) is 7.69. The number of hydrogen-bond donors (Lipinski definition) is 1. The molecule has 1 aliphatic heterocycles. The highest BCUT2D eigenvalue weighted by Crippen LogP contribution is 2.04. The molecule has 0 aliphatic carbocycles. The maximum atomic E-state index is 10.9. The Morgan fingerprint density at radius 2 is 1.92 bits per heavy atom. The van der Waals surface area contributed by atoms with Gasteiger partial charge in [0.1, 0.15) is 0 Å². The van der Waals surface area contributed by atoms with Crippen molar-refractivity contribution in [3.8, 4) is 0 Å². The molecular formula is C8H14N2O3. The van der Waals surface area contributed by atoms with Crippen molar-refractivity contribution in [1.29, 1.82) is 0 Å². The van der Waals surface area contributed by atoms with E-state index in [0.29, 0.717) is 26.2 Å². The molecule has 1 heterocycles. The second kappa shape index (κ2) is 4.13. The number of aliphatic hydroxyl groups is 1. The van der Waals surface area contributed by atoms with E-state index in [1.165, 1.54) is 0 Å². The smallest absolute Gasteiger partial charge is 0.289 e. The van der Waals surface area contributed by atoms with E-state index in [0.717, 1.165) is 0 Å². The number of piperazine rings is 1. The lowest BCUT2D eigenvalue weighted by Crippen LogP contribution is -2.47. The summed E-state index contributed by atoms with van der Waals surface area (Å²) in [5.74, 6) is -0.237. The third-order valence-electron chi connectivity index (χ3n) is 1.92. The molecule has 0 saturated carbocycles. The molecule has 0 aromatic carbocycles. The highest BCUT2D eigenvalue weighted by atomic mass is 16.7. The van der Waals surface area contributed by atoms with E-state index in [1.807, 2.05) is 0 Å². The quantitative estimate of drug-likeness (QED) is 0.622. The van der Waals surface area contributed by atoms with Gasteiger partial charge in [-0.1, -0.05) is 0 Å². The van der Waals surface area contributed by atoms with Gasteiger partial charge in [-0.25, -0.2) is 0 Å². The summed E-state index contributed by atoms with van der Waals surface area (Å²) in [7, 11) is 0. The lowest BCUT2D eigenvalue weighted by Gasteiger charge is -2.32. The maximum absolute atomic E-state index is 10.9. The van der Waals surface area contributed by atoms with Gasteiger partial charge in [-0.2, -0.15) is 0 Å². The second-order valence-electron chi connectivity index (χ2n) is 2.92. The maximum Gasteiger partial charge on any atom is 0.289 e. The van der Waals surface area contributed by atoms with Crippen LogP contribution in [0.3, 0.4) is 0 Å². The molecule has 1 fully saturated rings. The van der Waals surface area contributed by atoms with E-state index in [4.69, 9.17) is 9.94 Å². The summed E-state index contributed by atoms with van der Waals surface area (Å²) >= 11 is 0. The Bertz CT molecular complexity index is 209. The molecule has 0 aromatic heterocycles. The number of carbonyl (C=O) groups excluding carboxylic acids is 1. The summed E-state index contributed by atoms with van der Waals surface area (Å²) in [6, 6.07) is 0. The number of rotatable bonds is 2. The molecule has 1 aliphatic rings. The monoisotopic (exact) mass is 186 g/mol. The van der Waals surface area contributed by atoms with Crippen LogP contribution in [0.4, 0.5) is 0 Å². The van der Waals surface area contributed by atoms with Gasteiger partial charge in [-0.3, -0.25) is 4.79 Å². The van der Waals surface area contributed by atoms with Crippen molar-refractivity contribution >= 4 is 5.91 Å². The molecule has 0 atom stereocenters. The number of hydrogen-bond acceptors (Lipinski definition) is 4. The van der Waals surface area contributed by atoms with Crippen LogP contribution in [0.5, 0.6) is 0 Å². The number of carbonyl (C=O) groups is 1. The minimum Gasteiger partial charge on any atom is -0.480 e. The van der Waals surface area contributed by atoms with Gasteiger partial charge in [-0.05, 0) is 6.58 Å². The third kappa shape index (κ3) is 2.95. The van der Waals surface area contributed by atoms with Gasteiger partial charge in [0.15, 0.2) is 0 Å². The van der Waals surface area contributed by atoms with Crippen molar-refractivity contribution in [3.63, 3.8) is 0 Å². The molecule has 13 heavy (non-hydrogen) atoms. The predicted molar refractivity (Wildman–Crippen MR) is 46.7 cm³/mol. The number of aliphatic hydroxyl groups excluding tert-OH is 1. The van der Waals surface area contributed by atoms with E-state index in [9.17, 15) is 4.79 Å². The van der Waals surface area contributed by atoms with Crippen molar-refractivity contribution < 1.29 is 14.7 Å². The SMILES string of the molecule is C=C(O)ON1CCN(C(C)=O)CC1. The molecule has 5 heteroatoms. The Balaban J connectivity index is 2.30. The van der Waals surface area contributed by atoms with E-state index < -0.39 is 0 Å². The average molecular weight is 186 g/mol. The molecule has 1 N–H and O–H groups in total. The Morgan fingerprint density at radius 3 is 2.31 bits per heavy atom. The minimum absolute atomic E-state index is 0.0717. The van der Waals surface area contributed by atoms with E-state index in [-0.39, 0.29) is 11.9 Å². The largest absolute Gasteiger partial charge is 0.480 e. The summed E-state index contributed by atoms with van der Waals surface area (Å²) in [5.41, 5.74) is 0. The molecule has 74 valence electrons. The van der Waals surface area contributed by atoms with Crippen LogP contribution in [0, 0.1) is 0 Å². The number of hydroxylamine groups is 2. The molecule has 0 bridgehead atoms. The predicted octanol–water partition coefficient (Wildman–Crippen LogP) is 0.111. The van der Waals surface area contributed by atoms with Gasteiger partial charge in [0, 0.05) is 20.0 Å². The molecule has 0 spiro atoms. The van der Waals surface area contributed by atoms with Crippen LogP contribution in [0.15, 0.2) is 12.5 Å². The Labute approximate surface area is 77.1 Å². The summed E-state index contributed by atoms with van der Waals surface area (Å²) in [6.07, 6.45) is 0. The highest BCUT2D eigenvalue weighted by Gasteiger charge is 2.19. The molecule has 0 unspecified atom stereocenters. The minimum atomic E-state index is -0.309. The molecule has 0 radical (unpaired) electrons. The third-order valence-corrected chi connectivity index (χ3v) is 1.92. The highest BCUT2D eigenvalue weighted by molar-refractivity contribution is 5.73. The number of nitrogens with zero attached hydrogens (tertiary/aromatic N) is 2. The van der Waals surface area contributed by atoms with Crippen molar-refractivity contribution in [2.45, 2.75) is 6.92 Å². The fourth-order valence-electron chi connectivity index (χ4n) is 1.24. The van der Waals surface area contributed by atoms with Crippen LogP contribution in [-0.2, 0) is 9.63 Å². The van der Waals surface area contributed by atoms with Crippen LogP contribution in [0.1, 0.15) is 6.92 Å². The van der Waals surface area contributed by atoms with Gasteiger partial charge in [0.2, 0.25) is 5.91 Å². The van der Waals surface area contributed by atoms with Gasteiger partial charge in [0.05, 0.1) is 13.1 Å². The lowest BCUT2D eigenvalue weighted by atomic mass is 10.3.